The number of carbonyl (C=O) groups is 2. The van der Waals surface area contributed by atoms with Crippen LogP contribution in [0.3, 0.4) is 0 Å². The quantitative estimate of drug-likeness (QED) is 0.756. The van der Waals surface area contributed by atoms with Crippen molar-refractivity contribution in [3.8, 4) is 5.75 Å². The molecule has 0 saturated carbocycles. The Morgan fingerprint density at radius 1 is 1.19 bits per heavy atom. The predicted octanol–water partition coefficient (Wildman–Crippen LogP) is 3.27. The third kappa shape index (κ3) is 5.09. The number of hydrogen-bond acceptors (Lipinski definition) is 3. The van der Waals surface area contributed by atoms with Crippen molar-refractivity contribution in [2.24, 2.45) is 0 Å². The molecule has 0 aromatic heterocycles. The predicted molar refractivity (Wildman–Crippen MR) is 105 cm³/mol. The number of aryl methyl sites for hydroxylation is 1. The van der Waals surface area contributed by atoms with Crippen LogP contribution in [-0.4, -0.2) is 48.4 Å². The van der Waals surface area contributed by atoms with Crippen LogP contribution in [0.15, 0.2) is 48.5 Å². The standard InChI is InChI=1S/C22H26N2O3/c1-17-6-3-9-20(14-17)27-13-12-23(2)22(26)19-8-4-7-18(15-19)16-24-11-5-10-21(24)25/h3-4,6-9,14-15H,5,10-13,16H2,1-2H3. The molecule has 0 N–H and O–H groups in total. The number of likely N-dealkylation sites (tertiary alicyclic amines) is 1. The first-order valence-electron chi connectivity index (χ1n) is 9.34. The topological polar surface area (TPSA) is 49.9 Å². The van der Waals surface area contributed by atoms with Crippen LogP contribution in [0.2, 0.25) is 0 Å². The van der Waals surface area contributed by atoms with Gasteiger partial charge in [-0.25, -0.2) is 0 Å². The second-order valence-corrected chi connectivity index (χ2v) is 7.01. The lowest BCUT2D eigenvalue weighted by atomic mass is 10.1. The van der Waals surface area contributed by atoms with Crippen molar-refractivity contribution in [3.05, 3.63) is 65.2 Å². The highest BCUT2D eigenvalue weighted by Crippen LogP contribution is 2.16. The third-order valence-electron chi connectivity index (χ3n) is 4.75. The molecule has 0 atom stereocenters. The molecule has 1 aliphatic heterocycles. The summed E-state index contributed by atoms with van der Waals surface area (Å²) in [6, 6.07) is 15.4. The van der Waals surface area contributed by atoms with Crippen molar-refractivity contribution in [2.75, 3.05) is 26.7 Å². The van der Waals surface area contributed by atoms with Gasteiger partial charge in [-0.1, -0.05) is 24.3 Å². The minimum Gasteiger partial charge on any atom is -0.492 e. The Morgan fingerprint density at radius 3 is 2.74 bits per heavy atom. The Morgan fingerprint density at radius 2 is 2.00 bits per heavy atom. The SMILES string of the molecule is Cc1cccc(OCCN(C)C(=O)c2cccc(CN3CCCC3=O)c2)c1. The van der Waals surface area contributed by atoms with Crippen molar-refractivity contribution in [3.63, 3.8) is 0 Å². The van der Waals surface area contributed by atoms with Gasteiger partial charge in [0, 0.05) is 32.1 Å². The van der Waals surface area contributed by atoms with Crippen LogP contribution in [0, 0.1) is 6.92 Å². The maximum absolute atomic E-state index is 12.7. The van der Waals surface area contributed by atoms with E-state index < -0.39 is 0 Å². The lowest BCUT2D eigenvalue weighted by Crippen LogP contribution is -2.31. The Kier molecular flexibility index (Phi) is 6.12. The van der Waals surface area contributed by atoms with E-state index in [1.807, 2.05) is 60.4 Å². The van der Waals surface area contributed by atoms with Crippen molar-refractivity contribution in [1.82, 2.24) is 9.80 Å². The molecule has 0 radical (unpaired) electrons. The zero-order valence-corrected chi connectivity index (χ0v) is 16.0. The van der Waals surface area contributed by atoms with E-state index in [1.54, 1.807) is 11.9 Å². The van der Waals surface area contributed by atoms with E-state index in [9.17, 15) is 9.59 Å². The minimum atomic E-state index is -0.0440. The van der Waals surface area contributed by atoms with Gasteiger partial charge in [-0.15, -0.1) is 0 Å². The summed E-state index contributed by atoms with van der Waals surface area (Å²) >= 11 is 0. The number of nitrogens with zero attached hydrogens (tertiary/aromatic N) is 2. The van der Waals surface area contributed by atoms with Crippen LogP contribution in [-0.2, 0) is 11.3 Å². The number of amides is 2. The molecule has 1 heterocycles. The molecule has 0 unspecified atom stereocenters. The molecule has 0 bridgehead atoms. The lowest BCUT2D eigenvalue weighted by molar-refractivity contribution is -0.128. The fraction of sp³-hybridized carbons (Fsp3) is 0.364. The molecule has 0 aliphatic carbocycles. The van der Waals surface area contributed by atoms with Crippen molar-refractivity contribution >= 4 is 11.8 Å². The summed E-state index contributed by atoms with van der Waals surface area (Å²) in [7, 11) is 1.78. The van der Waals surface area contributed by atoms with Crippen molar-refractivity contribution in [2.45, 2.75) is 26.3 Å². The first kappa shape index (κ1) is 19.0. The highest BCUT2D eigenvalue weighted by molar-refractivity contribution is 5.94. The number of rotatable bonds is 7. The van der Waals surface area contributed by atoms with Gasteiger partial charge >= 0.3 is 0 Å². The summed E-state index contributed by atoms with van der Waals surface area (Å²) in [5.74, 6) is 0.961. The molecule has 2 amide bonds. The number of likely N-dealkylation sites (N-methyl/N-ethyl adjacent to an activating group) is 1. The van der Waals surface area contributed by atoms with Crippen LogP contribution in [0.1, 0.15) is 34.3 Å². The fourth-order valence-electron chi connectivity index (χ4n) is 3.22. The second-order valence-electron chi connectivity index (χ2n) is 7.01. The Bertz CT molecular complexity index is 819. The van der Waals surface area contributed by atoms with Crippen LogP contribution >= 0.6 is 0 Å². The molecule has 1 saturated heterocycles. The van der Waals surface area contributed by atoms with Gasteiger partial charge in [0.15, 0.2) is 0 Å². The van der Waals surface area contributed by atoms with Gasteiger partial charge in [-0.2, -0.15) is 0 Å². The normalized spacial score (nSPS) is 13.7. The number of benzene rings is 2. The zero-order valence-electron chi connectivity index (χ0n) is 16.0. The summed E-state index contributed by atoms with van der Waals surface area (Å²) in [6.45, 7) is 4.33. The van der Waals surface area contributed by atoms with E-state index >= 15 is 0 Å². The monoisotopic (exact) mass is 366 g/mol. The van der Waals surface area contributed by atoms with Crippen LogP contribution in [0.25, 0.3) is 0 Å². The summed E-state index contributed by atoms with van der Waals surface area (Å²) < 4.78 is 5.73. The third-order valence-corrected chi connectivity index (χ3v) is 4.75. The Labute approximate surface area is 160 Å². The van der Waals surface area contributed by atoms with E-state index in [-0.39, 0.29) is 11.8 Å². The van der Waals surface area contributed by atoms with Crippen molar-refractivity contribution < 1.29 is 14.3 Å². The fourth-order valence-corrected chi connectivity index (χ4v) is 3.22. The highest BCUT2D eigenvalue weighted by atomic mass is 16.5. The summed E-state index contributed by atoms with van der Waals surface area (Å²) in [6.07, 6.45) is 1.55. The van der Waals surface area contributed by atoms with Crippen LogP contribution in [0.4, 0.5) is 0 Å². The molecular formula is C22H26N2O3. The number of carbonyl (C=O) groups excluding carboxylic acids is 2. The summed E-state index contributed by atoms with van der Waals surface area (Å²) in [4.78, 5) is 28.0. The Balaban J connectivity index is 1.54. The maximum Gasteiger partial charge on any atom is 0.253 e. The van der Waals surface area contributed by atoms with Gasteiger partial charge in [-0.05, 0) is 48.7 Å². The van der Waals surface area contributed by atoms with Gasteiger partial charge in [0.25, 0.3) is 5.91 Å². The molecule has 1 aliphatic rings. The first-order valence-corrected chi connectivity index (χ1v) is 9.34. The molecule has 2 aromatic rings. The van der Waals surface area contributed by atoms with Gasteiger partial charge < -0.3 is 14.5 Å². The van der Waals surface area contributed by atoms with Gasteiger partial charge in [0.2, 0.25) is 5.91 Å². The van der Waals surface area contributed by atoms with Crippen molar-refractivity contribution in [1.29, 1.82) is 0 Å². The summed E-state index contributed by atoms with van der Waals surface area (Å²) in [5, 5.41) is 0. The molecule has 5 nitrogen and oxygen atoms in total. The lowest BCUT2D eigenvalue weighted by Gasteiger charge is -2.19. The average Bonchev–Trinajstić information content (AvgIpc) is 3.06. The van der Waals surface area contributed by atoms with Gasteiger partial charge in [-0.3, -0.25) is 9.59 Å². The molecule has 3 rings (SSSR count). The molecule has 1 fully saturated rings. The first-order chi connectivity index (χ1) is 13.0. The highest BCUT2D eigenvalue weighted by Gasteiger charge is 2.20. The zero-order chi connectivity index (χ0) is 19.2. The second kappa shape index (κ2) is 8.71. The Hall–Kier alpha value is -2.82. The van der Waals surface area contributed by atoms with Crippen LogP contribution in [0.5, 0.6) is 5.75 Å². The van der Waals surface area contributed by atoms with Gasteiger partial charge in [0.1, 0.15) is 12.4 Å². The largest absolute Gasteiger partial charge is 0.492 e. The van der Waals surface area contributed by atoms with E-state index in [2.05, 4.69) is 0 Å². The van der Waals surface area contributed by atoms with E-state index in [0.29, 0.717) is 31.7 Å². The number of hydrogen-bond donors (Lipinski definition) is 0. The molecule has 142 valence electrons. The van der Waals surface area contributed by atoms with E-state index in [1.165, 1.54) is 0 Å². The van der Waals surface area contributed by atoms with E-state index in [0.717, 1.165) is 29.8 Å². The molecule has 27 heavy (non-hydrogen) atoms. The number of ether oxygens (including phenoxy) is 1. The molecule has 0 spiro atoms. The maximum atomic E-state index is 12.7. The van der Waals surface area contributed by atoms with Crippen LogP contribution < -0.4 is 4.74 Å². The van der Waals surface area contributed by atoms with E-state index in [4.69, 9.17) is 4.74 Å². The van der Waals surface area contributed by atoms with Gasteiger partial charge in [0.05, 0.1) is 6.54 Å². The molecule has 2 aromatic carbocycles. The molecule has 5 heteroatoms. The minimum absolute atomic E-state index is 0.0440. The molecular weight excluding hydrogens is 340 g/mol. The summed E-state index contributed by atoms with van der Waals surface area (Å²) in [5.41, 5.74) is 2.77. The average molecular weight is 366 g/mol. The smallest absolute Gasteiger partial charge is 0.253 e.